The van der Waals surface area contributed by atoms with Crippen molar-refractivity contribution in [3.8, 4) is 45.0 Å². The SMILES string of the molecule is Brc1ccc(-c2cc(-c3ccc(-c4ccccc4)cc3)nc(-c3ccncc3)n2)cc1. The summed E-state index contributed by atoms with van der Waals surface area (Å²) in [6, 6.07) is 33.0. The number of benzene rings is 3. The molecule has 0 unspecified atom stereocenters. The zero-order valence-corrected chi connectivity index (χ0v) is 18.2. The van der Waals surface area contributed by atoms with E-state index >= 15 is 0 Å². The number of aromatic nitrogens is 3. The van der Waals surface area contributed by atoms with Gasteiger partial charge in [-0.15, -0.1) is 0 Å². The Hall–Kier alpha value is -3.63. The van der Waals surface area contributed by atoms with Gasteiger partial charge in [-0.3, -0.25) is 4.98 Å². The van der Waals surface area contributed by atoms with Crippen LogP contribution in [-0.4, -0.2) is 15.0 Å². The molecular formula is C27H18BrN3. The molecule has 0 aliphatic heterocycles. The first-order valence-electron chi connectivity index (χ1n) is 9.97. The molecule has 0 N–H and O–H groups in total. The number of hydrogen-bond acceptors (Lipinski definition) is 3. The molecule has 0 aliphatic rings. The molecule has 2 heterocycles. The highest BCUT2D eigenvalue weighted by Gasteiger charge is 2.11. The van der Waals surface area contributed by atoms with Gasteiger partial charge in [0.1, 0.15) is 0 Å². The van der Waals surface area contributed by atoms with E-state index < -0.39 is 0 Å². The highest BCUT2D eigenvalue weighted by atomic mass is 79.9. The Kier molecular flexibility index (Phi) is 5.38. The third kappa shape index (κ3) is 4.30. The van der Waals surface area contributed by atoms with E-state index in [9.17, 15) is 0 Å². The predicted octanol–water partition coefficient (Wildman–Crippen LogP) is 7.30. The van der Waals surface area contributed by atoms with Crippen LogP contribution >= 0.6 is 15.9 Å². The van der Waals surface area contributed by atoms with Crippen LogP contribution in [0.2, 0.25) is 0 Å². The summed E-state index contributed by atoms with van der Waals surface area (Å²) in [4.78, 5) is 13.8. The lowest BCUT2D eigenvalue weighted by molar-refractivity contribution is 1.17. The lowest BCUT2D eigenvalue weighted by Gasteiger charge is -2.10. The molecule has 148 valence electrons. The van der Waals surface area contributed by atoms with E-state index in [2.05, 4.69) is 81.6 Å². The average Bonchev–Trinajstić information content (AvgIpc) is 2.85. The summed E-state index contributed by atoms with van der Waals surface area (Å²) < 4.78 is 1.04. The molecule has 31 heavy (non-hydrogen) atoms. The standard InChI is InChI=1S/C27H18BrN3/c28-24-12-10-22(11-13-24)26-18-25(30-27(31-26)23-14-16-29-17-15-23)21-8-6-20(7-9-21)19-4-2-1-3-5-19/h1-18H. The van der Waals surface area contributed by atoms with E-state index in [0.29, 0.717) is 5.82 Å². The molecule has 0 aliphatic carbocycles. The van der Waals surface area contributed by atoms with Gasteiger partial charge in [0.2, 0.25) is 0 Å². The van der Waals surface area contributed by atoms with E-state index in [1.165, 1.54) is 11.1 Å². The number of hydrogen-bond donors (Lipinski definition) is 0. The second-order valence-electron chi connectivity index (χ2n) is 7.15. The number of pyridine rings is 1. The minimum Gasteiger partial charge on any atom is -0.265 e. The van der Waals surface area contributed by atoms with Crippen molar-refractivity contribution < 1.29 is 0 Å². The molecule has 0 fully saturated rings. The Labute approximate surface area is 189 Å². The zero-order valence-electron chi connectivity index (χ0n) is 16.6. The van der Waals surface area contributed by atoms with E-state index in [1.54, 1.807) is 12.4 Å². The summed E-state index contributed by atoms with van der Waals surface area (Å²) in [6.45, 7) is 0. The highest BCUT2D eigenvalue weighted by Crippen LogP contribution is 2.29. The van der Waals surface area contributed by atoms with Gasteiger partial charge in [0.15, 0.2) is 5.82 Å². The Balaban J connectivity index is 1.60. The molecule has 0 atom stereocenters. The number of halogens is 1. The van der Waals surface area contributed by atoms with Crippen LogP contribution in [0.5, 0.6) is 0 Å². The Morgan fingerprint density at radius 2 is 1.00 bits per heavy atom. The molecule has 4 heteroatoms. The lowest BCUT2D eigenvalue weighted by atomic mass is 10.0. The maximum absolute atomic E-state index is 4.87. The lowest BCUT2D eigenvalue weighted by Crippen LogP contribution is -1.96. The topological polar surface area (TPSA) is 38.7 Å². The molecule has 0 amide bonds. The minimum absolute atomic E-state index is 0.685. The predicted molar refractivity (Wildman–Crippen MR) is 129 cm³/mol. The summed E-state index contributed by atoms with van der Waals surface area (Å²) in [7, 11) is 0. The fraction of sp³-hybridized carbons (Fsp3) is 0. The first-order valence-corrected chi connectivity index (χ1v) is 10.8. The van der Waals surface area contributed by atoms with E-state index in [0.717, 1.165) is 32.6 Å². The third-order valence-electron chi connectivity index (χ3n) is 5.09. The van der Waals surface area contributed by atoms with Crippen LogP contribution in [0.4, 0.5) is 0 Å². The molecule has 5 rings (SSSR count). The van der Waals surface area contributed by atoms with Crippen molar-refractivity contribution >= 4 is 15.9 Å². The van der Waals surface area contributed by atoms with Crippen molar-refractivity contribution in [1.29, 1.82) is 0 Å². The summed E-state index contributed by atoms with van der Waals surface area (Å²) >= 11 is 3.51. The van der Waals surface area contributed by atoms with Gasteiger partial charge >= 0.3 is 0 Å². The molecule has 0 bridgehead atoms. The van der Waals surface area contributed by atoms with Crippen LogP contribution in [0.25, 0.3) is 45.0 Å². The molecule has 2 aromatic heterocycles. The molecule has 0 spiro atoms. The van der Waals surface area contributed by atoms with Crippen molar-refractivity contribution in [2.45, 2.75) is 0 Å². The normalized spacial score (nSPS) is 10.7. The maximum Gasteiger partial charge on any atom is 0.160 e. The quantitative estimate of drug-likeness (QED) is 0.280. The molecule has 3 aromatic carbocycles. The summed E-state index contributed by atoms with van der Waals surface area (Å²) in [5.41, 5.74) is 7.19. The summed E-state index contributed by atoms with van der Waals surface area (Å²) in [6.07, 6.45) is 3.53. The van der Waals surface area contributed by atoms with Gasteiger partial charge < -0.3 is 0 Å². The highest BCUT2D eigenvalue weighted by molar-refractivity contribution is 9.10. The second-order valence-corrected chi connectivity index (χ2v) is 8.06. The molecule has 3 nitrogen and oxygen atoms in total. The smallest absolute Gasteiger partial charge is 0.160 e. The van der Waals surface area contributed by atoms with Crippen LogP contribution in [0.15, 0.2) is 114 Å². The van der Waals surface area contributed by atoms with Gasteiger partial charge in [0, 0.05) is 33.6 Å². The van der Waals surface area contributed by atoms with Gasteiger partial charge in [-0.05, 0) is 41.5 Å². The number of nitrogens with zero attached hydrogens (tertiary/aromatic N) is 3. The van der Waals surface area contributed by atoms with Gasteiger partial charge in [-0.2, -0.15) is 0 Å². The Morgan fingerprint density at radius 3 is 1.61 bits per heavy atom. The monoisotopic (exact) mass is 463 g/mol. The second kappa shape index (κ2) is 8.62. The molecule has 5 aromatic rings. The van der Waals surface area contributed by atoms with Crippen LogP contribution in [0.3, 0.4) is 0 Å². The van der Waals surface area contributed by atoms with Gasteiger partial charge in [0.05, 0.1) is 11.4 Å². The Morgan fingerprint density at radius 1 is 0.484 bits per heavy atom. The average molecular weight is 464 g/mol. The van der Waals surface area contributed by atoms with E-state index in [-0.39, 0.29) is 0 Å². The molecule has 0 saturated carbocycles. The van der Waals surface area contributed by atoms with Gasteiger partial charge in [0.25, 0.3) is 0 Å². The number of rotatable bonds is 4. The largest absolute Gasteiger partial charge is 0.265 e. The van der Waals surface area contributed by atoms with Crippen molar-refractivity contribution in [1.82, 2.24) is 15.0 Å². The zero-order chi connectivity index (χ0) is 21.0. The summed E-state index contributed by atoms with van der Waals surface area (Å²) in [5, 5.41) is 0. The van der Waals surface area contributed by atoms with Crippen molar-refractivity contribution in [2.24, 2.45) is 0 Å². The Bertz CT molecular complexity index is 1300. The molecular weight excluding hydrogens is 446 g/mol. The van der Waals surface area contributed by atoms with Crippen LogP contribution in [-0.2, 0) is 0 Å². The van der Waals surface area contributed by atoms with Crippen LogP contribution < -0.4 is 0 Å². The fourth-order valence-electron chi connectivity index (χ4n) is 3.46. The van der Waals surface area contributed by atoms with Crippen molar-refractivity contribution in [3.63, 3.8) is 0 Å². The van der Waals surface area contributed by atoms with Crippen molar-refractivity contribution in [2.75, 3.05) is 0 Å². The fourth-order valence-corrected chi connectivity index (χ4v) is 3.72. The maximum atomic E-state index is 4.87. The molecule has 0 saturated heterocycles. The van der Waals surface area contributed by atoms with E-state index in [4.69, 9.17) is 9.97 Å². The van der Waals surface area contributed by atoms with Crippen LogP contribution in [0.1, 0.15) is 0 Å². The first kappa shape index (κ1) is 19.3. The minimum atomic E-state index is 0.685. The first-order chi connectivity index (χ1) is 15.3. The van der Waals surface area contributed by atoms with Gasteiger partial charge in [-0.1, -0.05) is 82.7 Å². The van der Waals surface area contributed by atoms with E-state index in [1.807, 2.05) is 36.4 Å². The summed E-state index contributed by atoms with van der Waals surface area (Å²) in [5.74, 6) is 0.685. The molecule has 0 radical (unpaired) electrons. The van der Waals surface area contributed by atoms with Crippen molar-refractivity contribution in [3.05, 3.63) is 114 Å². The van der Waals surface area contributed by atoms with Crippen LogP contribution in [0, 0.1) is 0 Å². The third-order valence-corrected chi connectivity index (χ3v) is 5.62. The van der Waals surface area contributed by atoms with Gasteiger partial charge in [-0.25, -0.2) is 9.97 Å².